The van der Waals surface area contributed by atoms with E-state index in [4.69, 9.17) is 4.74 Å². The SMILES string of the molecule is CCC(=O)N1CC2(C1)CN(Cc1cc(F)ccc1F)[C@@H](CO)c1c2c2ccc(OC)cc2n1C. The zero-order chi connectivity index (χ0) is 24.2. The molecular formula is C26H29F2N3O3. The fourth-order valence-corrected chi connectivity index (χ4v) is 5.85. The summed E-state index contributed by atoms with van der Waals surface area (Å²) in [7, 11) is 3.58. The van der Waals surface area contributed by atoms with Gasteiger partial charge in [0.1, 0.15) is 17.4 Å². The number of halogens is 2. The molecule has 1 atom stereocenters. The lowest BCUT2D eigenvalue weighted by atomic mass is 9.68. The van der Waals surface area contributed by atoms with Gasteiger partial charge in [0, 0.05) is 67.8 Å². The number of nitrogens with zero attached hydrogens (tertiary/aromatic N) is 3. The fraction of sp³-hybridized carbons (Fsp3) is 0.423. The van der Waals surface area contributed by atoms with Crippen LogP contribution in [0.2, 0.25) is 0 Å². The number of aromatic nitrogens is 1. The van der Waals surface area contributed by atoms with Crippen LogP contribution < -0.4 is 4.74 Å². The van der Waals surface area contributed by atoms with E-state index in [1.807, 2.05) is 42.0 Å². The molecule has 2 aromatic carbocycles. The van der Waals surface area contributed by atoms with E-state index in [1.54, 1.807) is 7.11 Å². The first kappa shape index (κ1) is 22.8. The van der Waals surface area contributed by atoms with E-state index in [1.165, 1.54) is 6.07 Å². The minimum Gasteiger partial charge on any atom is -0.497 e. The van der Waals surface area contributed by atoms with E-state index < -0.39 is 17.7 Å². The summed E-state index contributed by atoms with van der Waals surface area (Å²) in [5.74, 6) is -0.142. The van der Waals surface area contributed by atoms with E-state index in [2.05, 4.69) is 4.57 Å². The van der Waals surface area contributed by atoms with Crippen LogP contribution in [-0.4, -0.2) is 58.7 Å². The van der Waals surface area contributed by atoms with Crippen molar-refractivity contribution in [3.05, 3.63) is 64.9 Å². The molecule has 2 aliphatic rings. The highest BCUT2D eigenvalue weighted by molar-refractivity contribution is 5.89. The first-order valence-corrected chi connectivity index (χ1v) is 11.5. The highest BCUT2D eigenvalue weighted by Crippen LogP contribution is 2.50. The minimum absolute atomic E-state index is 0.0982. The van der Waals surface area contributed by atoms with Crippen LogP contribution >= 0.6 is 0 Å². The molecule has 0 unspecified atom stereocenters. The van der Waals surface area contributed by atoms with Crippen molar-refractivity contribution in [1.82, 2.24) is 14.4 Å². The average Bonchev–Trinajstić information content (AvgIpc) is 3.11. The first-order chi connectivity index (χ1) is 16.3. The van der Waals surface area contributed by atoms with Crippen molar-refractivity contribution in [3.63, 3.8) is 0 Å². The highest BCUT2D eigenvalue weighted by atomic mass is 19.1. The number of amides is 1. The number of carbonyl (C=O) groups is 1. The van der Waals surface area contributed by atoms with Crippen molar-refractivity contribution >= 4 is 16.8 Å². The Labute approximate surface area is 197 Å². The second kappa shape index (κ2) is 8.36. The Morgan fingerprint density at radius 3 is 2.62 bits per heavy atom. The zero-order valence-corrected chi connectivity index (χ0v) is 19.6. The van der Waals surface area contributed by atoms with Crippen LogP contribution in [0.15, 0.2) is 36.4 Å². The summed E-state index contributed by atoms with van der Waals surface area (Å²) in [6.45, 7) is 3.47. The van der Waals surface area contributed by atoms with Crippen molar-refractivity contribution in [3.8, 4) is 5.75 Å². The second-order valence-electron chi connectivity index (χ2n) is 9.43. The van der Waals surface area contributed by atoms with Gasteiger partial charge in [-0.3, -0.25) is 9.69 Å². The Kier molecular flexibility index (Phi) is 5.61. The van der Waals surface area contributed by atoms with Crippen LogP contribution in [0.4, 0.5) is 8.78 Å². The molecule has 1 spiro atoms. The third-order valence-electron chi connectivity index (χ3n) is 7.44. The number of rotatable bonds is 5. The van der Waals surface area contributed by atoms with Crippen LogP contribution in [-0.2, 0) is 23.8 Å². The number of fused-ring (bicyclic) bond motifs is 4. The number of aliphatic hydroxyl groups excluding tert-OH is 1. The molecular weight excluding hydrogens is 440 g/mol. The molecule has 0 radical (unpaired) electrons. The lowest BCUT2D eigenvalue weighted by Crippen LogP contribution is -2.67. The van der Waals surface area contributed by atoms with Crippen molar-refractivity contribution in [2.24, 2.45) is 7.05 Å². The predicted molar refractivity (Wildman–Crippen MR) is 125 cm³/mol. The minimum atomic E-state index is -0.496. The molecule has 1 saturated heterocycles. The first-order valence-electron chi connectivity index (χ1n) is 11.5. The summed E-state index contributed by atoms with van der Waals surface area (Å²) in [6, 6.07) is 8.99. The molecule has 1 fully saturated rings. The topological polar surface area (TPSA) is 57.9 Å². The van der Waals surface area contributed by atoms with E-state index in [9.17, 15) is 18.7 Å². The van der Waals surface area contributed by atoms with E-state index in [0.717, 1.165) is 40.0 Å². The van der Waals surface area contributed by atoms with Crippen LogP contribution in [0.3, 0.4) is 0 Å². The molecule has 8 heteroatoms. The average molecular weight is 470 g/mol. The number of hydrogen-bond acceptors (Lipinski definition) is 4. The Bertz CT molecular complexity index is 1270. The van der Waals surface area contributed by atoms with Gasteiger partial charge in [0.25, 0.3) is 0 Å². The number of aliphatic hydroxyl groups is 1. The van der Waals surface area contributed by atoms with Crippen molar-refractivity contribution in [2.75, 3.05) is 33.4 Å². The molecule has 1 amide bonds. The van der Waals surface area contributed by atoms with Gasteiger partial charge in [0.15, 0.2) is 0 Å². The zero-order valence-electron chi connectivity index (χ0n) is 19.6. The van der Waals surface area contributed by atoms with Gasteiger partial charge in [-0.15, -0.1) is 0 Å². The normalized spacial score (nSPS) is 19.4. The van der Waals surface area contributed by atoms with E-state index in [-0.39, 0.29) is 30.0 Å². The van der Waals surface area contributed by atoms with E-state index in [0.29, 0.717) is 26.1 Å². The van der Waals surface area contributed by atoms with Crippen molar-refractivity contribution in [2.45, 2.75) is 31.3 Å². The number of carbonyl (C=O) groups excluding carboxylic acids is 1. The molecule has 1 aromatic heterocycles. The lowest BCUT2D eigenvalue weighted by molar-refractivity contribution is -0.140. The van der Waals surface area contributed by atoms with E-state index >= 15 is 0 Å². The lowest BCUT2D eigenvalue weighted by Gasteiger charge is -2.56. The standard InChI is InChI=1S/C26H29F2N3O3/c1-4-23(33)31-14-26(15-31)13-30(11-16-9-17(27)5-8-20(16)28)22(12-32)25-24(26)19-7-6-18(34-3)10-21(19)29(25)2/h5-10,22,32H,4,11-15H2,1-3H3/t22-/m0/s1. The van der Waals surface area contributed by atoms with Crippen LogP contribution in [0.5, 0.6) is 5.75 Å². The van der Waals surface area contributed by atoms with Gasteiger partial charge in [0.2, 0.25) is 5.91 Å². The molecule has 0 saturated carbocycles. The summed E-state index contributed by atoms with van der Waals surface area (Å²) in [6.07, 6.45) is 0.438. The van der Waals surface area contributed by atoms with Gasteiger partial charge >= 0.3 is 0 Å². The van der Waals surface area contributed by atoms with Gasteiger partial charge in [-0.05, 0) is 35.9 Å². The molecule has 0 bridgehead atoms. The predicted octanol–water partition coefficient (Wildman–Crippen LogP) is 3.50. The van der Waals surface area contributed by atoms with Crippen LogP contribution in [0, 0.1) is 11.6 Å². The maximum atomic E-state index is 14.6. The number of hydrogen-bond donors (Lipinski definition) is 1. The highest BCUT2D eigenvalue weighted by Gasteiger charge is 2.54. The Balaban J connectivity index is 1.65. The second-order valence-corrected chi connectivity index (χ2v) is 9.43. The monoisotopic (exact) mass is 469 g/mol. The Hall–Kier alpha value is -2.97. The molecule has 3 heterocycles. The Morgan fingerprint density at radius 2 is 1.94 bits per heavy atom. The van der Waals surface area contributed by atoms with Crippen LogP contribution in [0.25, 0.3) is 10.9 Å². The summed E-state index contributed by atoms with van der Waals surface area (Å²) >= 11 is 0. The molecule has 0 aliphatic carbocycles. The molecule has 180 valence electrons. The summed E-state index contributed by atoms with van der Waals surface area (Å²) < 4.78 is 36.0. The molecule has 6 nitrogen and oxygen atoms in total. The largest absolute Gasteiger partial charge is 0.497 e. The Morgan fingerprint density at radius 1 is 1.18 bits per heavy atom. The number of likely N-dealkylation sites (tertiary alicyclic amines) is 1. The summed E-state index contributed by atoms with van der Waals surface area (Å²) in [4.78, 5) is 16.3. The van der Waals surface area contributed by atoms with Gasteiger partial charge in [-0.2, -0.15) is 0 Å². The summed E-state index contributed by atoms with van der Waals surface area (Å²) in [5.41, 5.74) is 2.93. The fourth-order valence-electron chi connectivity index (χ4n) is 5.85. The quantitative estimate of drug-likeness (QED) is 0.622. The molecule has 2 aliphatic heterocycles. The molecule has 5 rings (SSSR count). The number of ether oxygens (including phenoxy) is 1. The maximum absolute atomic E-state index is 14.6. The number of benzene rings is 2. The van der Waals surface area contributed by atoms with Gasteiger partial charge < -0.3 is 19.3 Å². The molecule has 3 aromatic rings. The van der Waals surface area contributed by atoms with Gasteiger partial charge in [-0.1, -0.05) is 6.92 Å². The number of methoxy groups -OCH3 is 1. The van der Waals surface area contributed by atoms with Gasteiger partial charge in [0.05, 0.1) is 25.3 Å². The third-order valence-corrected chi connectivity index (χ3v) is 7.44. The van der Waals surface area contributed by atoms with Crippen molar-refractivity contribution < 1.29 is 23.4 Å². The number of aryl methyl sites for hydroxylation is 1. The maximum Gasteiger partial charge on any atom is 0.222 e. The smallest absolute Gasteiger partial charge is 0.222 e. The van der Waals surface area contributed by atoms with Crippen molar-refractivity contribution in [1.29, 1.82) is 0 Å². The molecule has 1 N–H and O–H groups in total. The van der Waals surface area contributed by atoms with Crippen LogP contribution in [0.1, 0.15) is 36.2 Å². The molecule has 34 heavy (non-hydrogen) atoms. The van der Waals surface area contributed by atoms with Gasteiger partial charge in [-0.25, -0.2) is 8.78 Å². The third kappa shape index (κ3) is 3.39. The summed E-state index contributed by atoms with van der Waals surface area (Å²) in [5, 5.41) is 11.6.